The van der Waals surface area contributed by atoms with Crippen LogP contribution in [0.1, 0.15) is 77.7 Å². The lowest BCUT2D eigenvalue weighted by Gasteiger charge is -2.38. The molecule has 3 aromatic heterocycles. The van der Waals surface area contributed by atoms with E-state index in [1.807, 2.05) is 24.4 Å². The van der Waals surface area contributed by atoms with E-state index >= 15 is 0 Å². The van der Waals surface area contributed by atoms with E-state index in [0.717, 1.165) is 96.8 Å². The molecule has 5 aromatic rings. The number of nitrogens with zero attached hydrogens (tertiary/aromatic N) is 5. The molecule has 3 saturated heterocycles. The Morgan fingerprint density at radius 1 is 0.818 bits per heavy atom. The first-order valence-electron chi connectivity index (χ1n) is 19.8. The van der Waals surface area contributed by atoms with Gasteiger partial charge in [0.05, 0.1) is 22.3 Å². The van der Waals surface area contributed by atoms with Crippen LogP contribution in [0.3, 0.4) is 0 Å². The summed E-state index contributed by atoms with van der Waals surface area (Å²) in [6, 6.07) is 18.4. The van der Waals surface area contributed by atoms with Gasteiger partial charge in [0.1, 0.15) is 6.04 Å². The Kier molecular flexibility index (Phi) is 9.16. The van der Waals surface area contributed by atoms with Gasteiger partial charge in [-0.25, -0.2) is 4.79 Å². The average molecular weight is 741 g/mol. The maximum Gasteiger partial charge on any atom is 0.329 e. The summed E-state index contributed by atoms with van der Waals surface area (Å²) in [6.45, 7) is 8.20. The molecule has 0 radical (unpaired) electrons. The Bertz CT molecular complexity index is 2370. The van der Waals surface area contributed by atoms with E-state index in [9.17, 15) is 19.2 Å². The smallest absolute Gasteiger partial charge is 0.329 e. The lowest BCUT2D eigenvalue weighted by molar-refractivity contribution is -0.135. The second-order valence-corrected chi connectivity index (χ2v) is 15.9. The standard InChI is InChI=1S/C43H48N8O4/c1-26-21-31(4-5-32(26)36-22-30(9-15-44-36)35-24-33-34(46-35)10-16-45-41(33)53)50-19-11-27(12-20-50)25-49-17-13-28(14-18-49)29-3-6-37-39(23-29)48(2)43(55)51(37)38-7-8-40(52)47-42(38)54/h3-6,9,15,21-24,27-28,38,46H,7-8,10-14,16-20,25H2,1-2H3,(H,45,53)(H,47,52,54). The van der Waals surface area contributed by atoms with Gasteiger partial charge in [0.25, 0.3) is 5.91 Å². The number of benzene rings is 2. The molecule has 0 saturated carbocycles. The van der Waals surface area contributed by atoms with E-state index in [1.165, 1.54) is 29.7 Å². The number of anilines is 1. The van der Waals surface area contributed by atoms with E-state index < -0.39 is 11.9 Å². The maximum absolute atomic E-state index is 13.2. The number of carbonyl (C=O) groups excluding carboxylic acids is 3. The second-order valence-electron chi connectivity index (χ2n) is 15.9. The zero-order valence-corrected chi connectivity index (χ0v) is 31.6. The van der Waals surface area contributed by atoms with Crippen LogP contribution in [-0.2, 0) is 23.1 Å². The lowest BCUT2D eigenvalue weighted by atomic mass is 9.88. The van der Waals surface area contributed by atoms with Gasteiger partial charge >= 0.3 is 5.69 Å². The van der Waals surface area contributed by atoms with Crippen molar-refractivity contribution in [2.24, 2.45) is 13.0 Å². The molecule has 55 heavy (non-hydrogen) atoms. The van der Waals surface area contributed by atoms with E-state index in [2.05, 4.69) is 68.7 Å². The fourth-order valence-corrected chi connectivity index (χ4v) is 9.38. The van der Waals surface area contributed by atoms with E-state index in [1.54, 1.807) is 16.2 Å². The van der Waals surface area contributed by atoms with E-state index in [4.69, 9.17) is 4.98 Å². The van der Waals surface area contributed by atoms with Crippen molar-refractivity contribution in [3.63, 3.8) is 0 Å². The van der Waals surface area contributed by atoms with Crippen LogP contribution in [0, 0.1) is 12.8 Å². The van der Waals surface area contributed by atoms with Crippen LogP contribution in [0.25, 0.3) is 33.5 Å². The SMILES string of the molecule is Cc1cc(N2CCC(CN3CCC(c4ccc5c(c4)n(C)c(=O)n5C4CCC(=O)NC4=O)CC3)CC2)ccc1-c1cc(-c2cc3c([nH]2)CCNC3=O)ccn1. The number of H-pyrrole nitrogens is 1. The molecule has 284 valence electrons. The van der Waals surface area contributed by atoms with Crippen molar-refractivity contribution in [2.75, 3.05) is 44.2 Å². The maximum atomic E-state index is 13.2. The highest BCUT2D eigenvalue weighted by molar-refractivity contribution is 6.00. The summed E-state index contributed by atoms with van der Waals surface area (Å²) in [6.07, 6.45) is 7.76. The van der Waals surface area contributed by atoms with Crippen molar-refractivity contribution in [3.8, 4) is 22.5 Å². The van der Waals surface area contributed by atoms with Crippen LogP contribution in [0.2, 0.25) is 0 Å². The van der Waals surface area contributed by atoms with Crippen molar-refractivity contribution >= 4 is 34.4 Å². The predicted octanol–water partition coefficient (Wildman–Crippen LogP) is 5.07. The number of pyridine rings is 1. The summed E-state index contributed by atoms with van der Waals surface area (Å²) in [5.74, 6) is 0.414. The molecule has 12 heteroatoms. The number of rotatable bonds is 7. The van der Waals surface area contributed by atoms with Gasteiger partial charge in [0.2, 0.25) is 11.8 Å². The number of fused-ring (bicyclic) bond motifs is 2. The molecule has 9 rings (SSSR count). The van der Waals surface area contributed by atoms with Gasteiger partial charge in [0, 0.05) is 80.5 Å². The number of imidazole rings is 1. The number of hydrogen-bond donors (Lipinski definition) is 3. The average Bonchev–Trinajstić information content (AvgIpc) is 3.75. The molecule has 4 aliphatic heterocycles. The monoisotopic (exact) mass is 740 g/mol. The third kappa shape index (κ3) is 6.66. The number of hydrogen-bond acceptors (Lipinski definition) is 7. The molecule has 3 N–H and O–H groups in total. The molecular weight excluding hydrogens is 693 g/mol. The Morgan fingerprint density at radius 2 is 1.64 bits per heavy atom. The minimum absolute atomic E-state index is 0.0147. The topological polar surface area (TPSA) is 137 Å². The van der Waals surface area contributed by atoms with E-state index in [0.29, 0.717) is 24.8 Å². The molecule has 12 nitrogen and oxygen atoms in total. The van der Waals surface area contributed by atoms with Crippen LogP contribution in [0.5, 0.6) is 0 Å². The lowest BCUT2D eigenvalue weighted by Crippen LogP contribution is -2.44. The van der Waals surface area contributed by atoms with Crippen LogP contribution >= 0.6 is 0 Å². The molecule has 3 fully saturated rings. The fourth-order valence-electron chi connectivity index (χ4n) is 9.38. The van der Waals surface area contributed by atoms with Crippen LogP contribution in [-0.4, -0.2) is 81.0 Å². The molecule has 7 heterocycles. The summed E-state index contributed by atoms with van der Waals surface area (Å²) in [5, 5.41) is 5.32. The highest BCUT2D eigenvalue weighted by atomic mass is 16.2. The molecule has 4 aliphatic rings. The molecule has 0 spiro atoms. The fraction of sp³-hybridized carbons (Fsp3) is 0.419. The van der Waals surface area contributed by atoms with Gasteiger partial charge in [-0.05, 0) is 118 Å². The summed E-state index contributed by atoms with van der Waals surface area (Å²) >= 11 is 0. The first kappa shape index (κ1) is 35.2. The largest absolute Gasteiger partial charge is 0.372 e. The predicted molar refractivity (Wildman–Crippen MR) is 212 cm³/mol. The van der Waals surface area contributed by atoms with Crippen molar-refractivity contribution < 1.29 is 14.4 Å². The molecule has 0 aliphatic carbocycles. The minimum Gasteiger partial charge on any atom is -0.372 e. The van der Waals surface area contributed by atoms with Gasteiger partial charge in [-0.1, -0.05) is 12.1 Å². The highest BCUT2D eigenvalue weighted by Gasteiger charge is 2.32. The zero-order chi connectivity index (χ0) is 37.8. The van der Waals surface area contributed by atoms with Crippen molar-refractivity contribution in [1.29, 1.82) is 0 Å². The second kappa shape index (κ2) is 14.3. The molecule has 1 unspecified atom stereocenters. The molecule has 2 aromatic carbocycles. The number of aryl methyl sites for hydroxylation is 2. The Hall–Kier alpha value is -5.49. The van der Waals surface area contributed by atoms with Gasteiger partial charge < -0.3 is 20.1 Å². The molecule has 3 amide bonds. The van der Waals surface area contributed by atoms with Crippen molar-refractivity contribution in [2.45, 2.75) is 63.8 Å². The normalized spacial score (nSPS) is 20.1. The Balaban J connectivity index is 0.790. The quantitative estimate of drug-likeness (QED) is 0.199. The van der Waals surface area contributed by atoms with Gasteiger partial charge in [-0.15, -0.1) is 0 Å². The first-order valence-corrected chi connectivity index (χ1v) is 19.8. The third-order valence-electron chi connectivity index (χ3n) is 12.6. The Morgan fingerprint density at radius 3 is 2.40 bits per heavy atom. The molecular formula is C43H48N8O4. The van der Waals surface area contributed by atoms with Crippen LogP contribution in [0.4, 0.5) is 5.69 Å². The number of imide groups is 1. The highest BCUT2D eigenvalue weighted by Crippen LogP contribution is 2.34. The zero-order valence-electron chi connectivity index (χ0n) is 31.6. The number of aromatic amines is 1. The number of carbonyl (C=O) groups is 3. The van der Waals surface area contributed by atoms with Crippen molar-refractivity contribution in [1.82, 2.24) is 34.6 Å². The summed E-state index contributed by atoms with van der Waals surface area (Å²) in [4.78, 5) is 63.2. The van der Waals surface area contributed by atoms with Gasteiger partial charge in [0.15, 0.2) is 0 Å². The number of aromatic nitrogens is 4. The van der Waals surface area contributed by atoms with Gasteiger partial charge in [-0.2, -0.15) is 0 Å². The third-order valence-corrected chi connectivity index (χ3v) is 12.6. The van der Waals surface area contributed by atoms with E-state index in [-0.39, 0.29) is 23.9 Å². The van der Waals surface area contributed by atoms with Gasteiger partial charge in [-0.3, -0.25) is 33.8 Å². The molecule has 0 bridgehead atoms. The van der Waals surface area contributed by atoms with Crippen LogP contribution < -0.4 is 21.2 Å². The number of piperidine rings is 3. The molecule has 1 atom stereocenters. The first-order chi connectivity index (χ1) is 26.7. The Labute approximate surface area is 319 Å². The number of likely N-dealkylation sites (tertiary alicyclic amines) is 1. The van der Waals surface area contributed by atoms with Crippen LogP contribution in [0.15, 0.2) is 65.6 Å². The minimum atomic E-state index is -0.666. The number of nitrogens with one attached hydrogen (secondary N) is 3. The summed E-state index contributed by atoms with van der Waals surface area (Å²) in [5.41, 5.74) is 10.8. The summed E-state index contributed by atoms with van der Waals surface area (Å²) in [7, 11) is 1.76. The van der Waals surface area contributed by atoms with Crippen molar-refractivity contribution in [3.05, 3.63) is 93.7 Å². The summed E-state index contributed by atoms with van der Waals surface area (Å²) < 4.78 is 3.19. The number of amides is 3.